The second kappa shape index (κ2) is 11.2. The van der Waals surface area contributed by atoms with Gasteiger partial charge in [-0.2, -0.15) is 26.3 Å². The molecule has 3 N–H and O–H groups in total. The number of carbonyl (C=O) groups is 1. The highest BCUT2D eigenvalue weighted by Gasteiger charge is 2.71. The van der Waals surface area contributed by atoms with Crippen LogP contribution in [-0.2, 0) is 26.8 Å². The number of fused-ring (bicyclic) bond motifs is 1. The third-order valence-electron chi connectivity index (χ3n) is 6.67. The number of hydrogen-bond acceptors (Lipinski definition) is 5. The van der Waals surface area contributed by atoms with Crippen LogP contribution in [-0.4, -0.2) is 61.2 Å². The van der Waals surface area contributed by atoms with Crippen LogP contribution in [0.4, 0.5) is 36.4 Å². The number of anilines is 1. The van der Waals surface area contributed by atoms with Crippen molar-refractivity contribution in [2.45, 2.75) is 73.8 Å². The van der Waals surface area contributed by atoms with Crippen molar-refractivity contribution < 1.29 is 54.2 Å². The fourth-order valence-corrected chi connectivity index (χ4v) is 6.16. The molecule has 7 nitrogen and oxygen atoms in total. The molecule has 3 rings (SSSR count). The molecule has 0 saturated carbocycles. The SMILES string of the molecule is CC(C)(O)[C@H](F)CNC(=O)CC1CCc2cc(C(O)(C(F)(F)F)C(F)(F)F)ccc2N1S(=O)(=O)c1ccc(Cl)cc1. The Morgan fingerprint density at radius 1 is 1.05 bits per heavy atom. The van der Waals surface area contributed by atoms with Crippen molar-refractivity contribution in [3.8, 4) is 0 Å². The van der Waals surface area contributed by atoms with Crippen LogP contribution < -0.4 is 9.62 Å². The molecule has 0 radical (unpaired) electrons. The summed E-state index contributed by atoms with van der Waals surface area (Å²) < 4.78 is 123. The summed E-state index contributed by atoms with van der Waals surface area (Å²) >= 11 is 5.83. The molecule has 2 aromatic carbocycles. The largest absolute Gasteiger partial charge is 0.430 e. The first-order valence-corrected chi connectivity index (χ1v) is 13.8. The summed E-state index contributed by atoms with van der Waals surface area (Å²) in [5.74, 6) is -0.818. The lowest BCUT2D eigenvalue weighted by molar-refractivity contribution is -0.376. The number of halogens is 8. The summed E-state index contributed by atoms with van der Waals surface area (Å²) in [6.45, 7) is 1.75. The van der Waals surface area contributed by atoms with E-state index in [1.165, 1.54) is 26.0 Å². The molecule has 0 aliphatic carbocycles. The number of alkyl halides is 7. The first-order valence-electron chi connectivity index (χ1n) is 12.0. The minimum atomic E-state index is -6.15. The zero-order valence-electron chi connectivity index (χ0n) is 21.5. The minimum Gasteiger partial charge on any atom is -0.387 e. The number of amides is 1. The average molecular weight is 635 g/mol. The van der Waals surface area contributed by atoms with Crippen LogP contribution in [0.1, 0.15) is 37.8 Å². The van der Waals surface area contributed by atoms with Crippen molar-refractivity contribution in [3.63, 3.8) is 0 Å². The first kappa shape index (κ1) is 32.9. The molecule has 1 amide bonds. The molecule has 2 atom stereocenters. The van der Waals surface area contributed by atoms with Crippen molar-refractivity contribution in [2.75, 3.05) is 10.8 Å². The molecule has 41 heavy (non-hydrogen) atoms. The molecular formula is C25H26ClF7N2O5S. The van der Waals surface area contributed by atoms with Crippen molar-refractivity contribution in [2.24, 2.45) is 0 Å². The van der Waals surface area contributed by atoms with Crippen molar-refractivity contribution in [1.29, 1.82) is 0 Å². The summed E-state index contributed by atoms with van der Waals surface area (Å²) in [5.41, 5.74) is -9.13. The van der Waals surface area contributed by atoms with E-state index >= 15 is 0 Å². The highest BCUT2D eigenvalue weighted by Crippen LogP contribution is 2.51. The van der Waals surface area contributed by atoms with Gasteiger partial charge in [-0.3, -0.25) is 9.10 Å². The number of nitrogens with zero attached hydrogens (tertiary/aromatic N) is 1. The number of benzene rings is 2. The Bertz CT molecular complexity index is 1360. The van der Waals surface area contributed by atoms with Gasteiger partial charge in [0.05, 0.1) is 28.8 Å². The van der Waals surface area contributed by atoms with Gasteiger partial charge < -0.3 is 15.5 Å². The highest BCUT2D eigenvalue weighted by molar-refractivity contribution is 7.92. The van der Waals surface area contributed by atoms with Gasteiger partial charge >= 0.3 is 12.4 Å². The molecule has 0 bridgehead atoms. The Morgan fingerprint density at radius 2 is 1.61 bits per heavy atom. The van der Waals surface area contributed by atoms with Crippen molar-refractivity contribution >= 4 is 33.2 Å². The van der Waals surface area contributed by atoms with Gasteiger partial charge in [0, 0.05) is 17.0 Å². The van der Waals surface area contributed by atoms with Crippen LogP contribution in [0.15, 0.2) is 47.4 Å². The summed E-state index contributed by atoms with van der Waals surface area (Å²) in [6.07, 6.45) is -15.2. The van der Waals surface area contributed by atoms with E-state index < -0.39 is 70.2 Å². The molecule has 0 aromatic heterocycles. The van der Waals surface area contributed by atoms with Gasteiger partial charge in [0.2, 0.25) is 5.91 Å². The molecule has 1 aliphatic heterocycles. The molecule has 1 aliphatic rings. The lowest BCUT2D eigenvalue weighted by atomic mass is 9.87. The quantitative estimate of drug-likeness (QED) is 0.363. The molecular weight excluding hydrogens is 609 g/mol. The maximum Gasteiger partial charge on any atom is 0.430 e. The fraction of sp³-hybridized carbons (Fsp3) is 0.480. The minimum absolute atomic E-state index is 0.176. The van der Waals surface area contributed by atoms with Crippen molar-refractivity contribution in [3.05, 3.63) is 58.6 Å². The second-order valence-electron chi connectivity index (χ2n) is 10.1. The van der Waals surface area contributed by atoms with E-state index in [1.807, 2.05) is 0 Å². The van der Waals surface area contributed by atoms with E-state index in [0.29, 0.717) is 22.5 Å². The zero-order valence-corrected chi connectivity index (χ0v) is 23.1. The Balaban J connectivity index is 2.07. The molecule has 228 valence electrons. The standard InChI is InChI=1S/C25H26ClF7N2O5S/c1-22(2,37)20(27)13-34-21(36)12-17-7-3-14-11-15(23(38,24(28,29)30)25(31,32)33)4-10-19(14)35(17)41(39,40)18-8-5-16(26)6-9-18/h4-6,8-11,17,20,37-38H,3,7,12-13H2,1-2H3,(H,34,36)/t17?,20-/m1/s1. The van der Waals surface area contributed by atoms with Crippen LogP contribution in [0, 0.1) is 0 Å². The van der Waals surface area contributed by atoms with Crippen LogP contribution in [0.25, 0.3) is 0 Å². The van der Waals surface area contributed by atoms with Gasteiger partial charge in [0.15, 0.2) is 0 Å². The average Bonchev–Trinajstić information content (AvgIpc) is 2.84. The summed E-state index contributed by atoms with van der Waals surface area (Å²) in [7, 11) is -4.57. The third kappa shape index (κ3) is 6.57. The Hall–Kier alpha value is -2.62. The van der Waals surface area contributed by atoms with E-state index in [2.05, 4.69) is 5.32 Å². The molecule has 16 heteroatoms. The van der Waals surface area contributed by atoms with Gasteiger partial charge in [-0.25, -0.2) is 12.8 Å². The predicted molar refractivity (Wildman–Crippen MR) is 134 cm³/mol. The molecule has 1 heterocycles. The lowest BCUT2D eigenvalue weighted by Gasteiger charge is -2.39. The van der Waals surface area contributed by atoms with Gasteiger partial charge in [-0.15, -0.1) is 0 Å². The van der Waals surface area contributed by atoms with Crippen LogP contribution in [0.2, 0.25) is 5.02 Å². The monoisotopic (exact) mass is 634 g/mol. The van der Waals surface area contributed by atoms with E-state index in [-0.39, 0.29) is 34.0 Å². The molecule has 0 fully saturated rings. The maximum absolute atomic E-state index is 14.1. The summed E-state index contributed by atoms with van der Waals surface area (Å²) in [4.78, 5) is 12.3. The van der Waals surface area contributed by atoms with Crippen LogP contribution in [0.5, 0.6) is 0 Å². The summed E-state index contributed by atoms with van der Waals surface area (Å²) in [5, 5.41) is 22.0. The highest BCUT2D eigenvalue weighted by atomic mass is 35.5. The van der Waals surface area contributed by atoms with E-state index in [0.717, 1.165) is 12.1 Å². The number of sulfonamides is 1. The number of hydrogen-bond donors (Lipinski definition) is 3. The van der Waals surface area contributed by atoms with Gasteiger partial charge in [-0.05, 0) is 62.6 Å². The fourth-order valence-electron chi connectivity index (χ4n) is 4.32. The normalized spacial score (nSPS) is 17.7. The maximum atomic E-state index is 14.1. The van der Waals surface area contributed by atoms with E-state index in [1.54, 1.807) is 0 Å². The topological polar surface area (TPSA) is 107 Å². The second-order valence-corrected chi connectivity index (χ2v) is 12.4. The molecule has 1 unspecified atom stereocenters. The van der Waals surface area contributed by atoms with Gasteiger partial charge in [-0.1, -0.05) is 23.7 Å². The summed E-state index contributed by atoms with van der Waals surface area (Å²) in [6, 6.07) is 5.03. The molecule has 0 saturated heterocycles. The Morgan fingerprint density at radius 3 is 2.12 bits per heavy atom. The first-order chi connectivity index (χ1) is 18.6. The van der Waals surface area contributed by atoms with E-state index in [4.69, 9.17) is 11.6 Å². The Kier molecular flexibility index (Phi) is 9.01. The lowest BCUT2D eigenvalue weighted by Crippen LogP contribution is -2.54. The third-order valence-corrected chi connectivity index (χ3v) is 8.80. The Labute approximate surface area is 236 Å². The number of nitrogens with one attached hydrogen (secondary N) is 1. The number of aliphatic hydroxyl groups is 2. The predicted octanol–water partition coefficient (Wildman–Crippen LogP) is 4.78. The number of aryl methyl sites for hydroxylation is 1. The number of rotatable bonds is 8. The number of carbonyl (C=O) groups excluding carboxylic acids is 1. The van der Waals surface area contributed by atoms with Crippen LogP contribution >= 0.6 is 11.6 Å². The molecule has 2 aromatic rings. The smallest absolute Gasteiger partial charge is 0.387 e. The molecule has 0 spiro atoms. The zero-order chi connectivity index (χ0) is 31.2. The van der Waals surface area contributed by atoms with E-state index in [9.17, 15) is 54.2 Å². The van der Waals surface area contributed by atoms with Gasteiger partial charge in [0.1, 0.15) is 6.17 Å². The van der Waals surface area contributed by atoms with Crippen LogP contribution in [0.3, 0.4) is 0 Å². The van der Waals surface area contributed by atoms with Gasteiger partial charge in [0.25, 0.3) is 15.6 Å². The van der Waals surface area contributed by atoms with Crippen molar-refractivity contribution in [1.82, 2.24) is 5.32 Å².